The van der Waals surface area contributed by atoms with Crippen molar-refractivity contribution in [3.05, 3.63) is 35.9 Å². The lowest BCUT2D eigenvalue weighted by Gasteiger charge is -2.21. The summed E-state index contributed by atoms with van der Waals surface area (Å²) in [7, 11) is 0. The van der Waals surface area contributed by atoms with E-state index >= 15 is 0 Å². The highest BCUT2D eigenvalue weighted by molar-refractivity contribution is 5.14. The minimum atomic E-state index is 0.910. The van der Waals surface area contributed by atoms with Gasteiger partial charge in [-0.25, -0.2) is 5.32 Å². The lowest BCUT2D eigenvalue weighted by molar-refractivity contribution is 0.341. The van der Waals surface area contributed by atoms with E-state index in [1.165, 1.54) is 56.9 Å². The van der Waals surface area contributed by atoms with E-state index in [0.29, 0.717) is 0 Å². The van der Waals surface area contributed by atoms with Gasteiger partial charge >= 0.3 is 0 Å². The molecule has 1 heterocycles. The highest BCUT2D eigenvalue weighted by Crippen LogP contribution is 2.18. The zero-order chi connectivity index (χ0) is 12.5. The van der Waals surface area contributed by atoms with Crippen LogP contribution < -0.4 is 5.32 Å². The van der Waals surface area contributed by atoms with Crippen molar-refractivity contribution in [3.8, 4) is 0 Å². The third kappa shape index (κ3) is 5.22. The number of rotatable bonds is 7. The fourth-order valence-corrected chi connectivity index (χ4v) is 2.85. The molecule has 2 rings (SSSR count). The Hall–Kier alpha value is -0.820. The first-order valence-corrected chi connectivity index (χ1v) is 7.62. The average Bonchev–Trinajstić information content (AvgIpc) is 2.45. The van der Waals surface area contributed by atoms with Crippen LogP contribution >= 0.6 is 0 Å². The van der Waals surface area contributed by atoms with Crippen LogP contribution in [0.25, 0.3) is 0 Å². The van der Waals surface area contributed by atoms with Gasteiger partial charge in [0.25, 0.3) is 0 Å². The van der Waals surface area contributed by atoms with Crippen LogP contribution in [-0.4, -0.2) is 13.1 Å². The molecule has 1 aromatic carbocycles. The zero-order valence-electron chi connectivity index (χ0n) is 11.5. The molecule has 1 saturated heterocycles. The molecule has 0 bridgehead atoms. The molecular weight excluding hydrogens is 218 g/mol. The molecule has 1 aliphatic heterocycles. The summed E-state index contributed by atoms with van der Waals surface area (Å²) in [5, 5.41) is 4.51. The van der Waals surface area contributed by atoms with Crippen LogP contribution in [0, 0.1) is 5.92 Å². The first-order valence-electron chi connectivity index (χ1n) is 7.62. The van der Waals surface area contributed by atoms with E-state index in [-0.39, 0.29) is 0 Å². The third-order valence-corrected chi connectivity index (χ3v) is 3.99. The van der Waals surface area contributed by atoms with Crippen molar-refractivity contribution in [2.45, 2.75) is 51.4 Å². The average molecular weight is 244 g/mol. The molecule has 0 aromatic heterocycles. The maximum absolute atomic E-state index is 4.51. The van der Waals surface area contributed by atoms with E-state index < -0.39 is 0 Å². The van der Waals surface area contributed by atoms with Gasteiger partial charge in [0, 0.05) is 13.1 Å². The second-order valence-corrected chi connectivity index (χ2v) is 5.58. The predicted molar refractivity (Wildman–Crippen MR) is 77.8 cm³/mol. The number of nitrogens with zero attached hydrogens (tertiary/aromatic N) is 1. The van der Waals surface area contributed by atoms with Gasteiger partial charge < -0.3 is 0 Å². The number of aryl methyl sites for hydroxylation is 1. The highest BCUT2D eigenvalue weighted by Gasteiger charge is 2.12. The summed E-state index contributed by atoms with van der Waals surface area (Å²) in [6.45, 7) is 2.26. The Labute approximate surface area is 112 Å². The van der Waals surface area contributed by atoms with Crippen molar-refractivity contribution in [2.24, 2.45) is 5.92 Å². The third-order valence-electron chi connectivity index (χ3n) is 3.99. The van der Waals surface area contributed by atoms with Crippen molar-refractivity contribution in [1.82, 2.24) is 5.32 Å². The molecule has 18 heavy (non-hydrogen) atoms. The Balaban J connectivity index is 1.46. The van der Waals surface area contributed by atoms with Gasteiger partial charge in [-0.15, -0.1) is 0 Å². The van der Waals surface area contributed by atoms with Gasteiger partial charge in [0.2, 0.25) is 0 Å². The predicted octanol–water partition coefficient (Wildman–Crippen LogP) is 4.19. The largest absolute Gasteiger partial charge is 0.242 e. The van der Waals surface area contributed by atoms with Crippen LogP contribution in [0.15, 0.2) is 30.3 Å². The molecule has 0 spiro atoms. The topological polar surface area (TPSA) is 14.1 Å². The fourth-order valence-electron chi connectivity index (χ4n) is 2.85. The van der Waals surface area contributed by atoms with Crippen molar-refractivity contribution in [3.63, 3.8) is 0 Å². The number of hydrogen-bond acceptors (Lipinski definition) is 0. The smallest absolute Gasteiger partial charge is 0.0161 e. The summed E-state index contributed by atoms with van der Waals surface area (Å²) in [5.74, 6) is 0.910. The quantitative estimate of drug-likeness (QED) is 0.638. The van der Waals surface area contributed by atoms with E-state index in [9.17, 15) is 0 Å². The zero-order valence-corrected chi connectivity index (χ0v) is 11.5. The van der Waals surface area contributed by atoms with Gasteiger partial charge in [0.1, 0.15) is 0 Å². The molecule has 1 fully saturated rings. The van der Waals surface area contributed by atoms with Crippen LogP contribution in [0.1, 0.15) is 50.5 Å². The Kier molecular flexibility index (Phi) is 6.28. The van der Waals surface area contributed by atoms with Crippen molar-refractivity contribution < 1.29 is 0 Å². The van der Waals surface area contributed by atoms with Gasteiger partial charge in [-0.3, -0.25) is 0 Å². The Morgan fingerprint density at radius 1 is 1.00 bits per heavy atom. The number of unbranched alkanes of at least 4 members (excludes halogenated alkanes) is 3. The Bertz CT molecular complexity index is 301. The van der Waals surface area contributed by atoms with Crippen LogP contribution in [0.2, 0.25) is 0 Å². The molecule has 1 nitrogen and oxygen atoms in total. The van der Waals surface area contributed by atoms with Gasteiger partial charge in [-0.2, -0.15) is 0 Å². The van der Waals surface area contributed by atoms with E-state index in [1.54, 1.807) is 0 Å². The molecule has 0 saturated carbocycles. The lowest BCUT2D eigenvalue weighted by atomic mass is 9.93. The second kappa shape index (κ2) is 8.31. The minimum Gasteiger partial charge on any atom is -0.242 e. The number of hydrogen-bond donors (Lipinski definition) is 0. The molecule has 1 atom stereocenters. The molecule has 1 aromatic rings. The SMILES string of the molecule is c1ccc(CCCCCCC2CCC[N]C2)cc1. The van der Waals surface area contributed by atoms with Gasteiger partial charge in [-0.1, -0.05) is 49.6 Å². The first-order chi connectivity index (χ1) is 8.95. The van der Waals surface area contributed by atoms with Crippen molar-refractivity contribution >= 4 is 0 Å². The summed E-state index contributed by atoms with van der Waals surface area (Å²) >= 11 is 0. The molecule has 1 aliphatic rings. The van der Waals surface area contributed by atoms with E-state index in [1.807, 2.05) is 0 Å². The first kappa shape index (κ1) is 13.6. The van der Waals surface area contributed by atoms with E-state index in [4.69, 9.17) is 0 Å². The molecule has 1 heteroatoms. The number of piperidine rings is 1. The minimum absolute atomic E-state index is 0.910. The van der Waals surface area contributed by atoms with Crippen LogP contribution in [0.4, 0.5) is 0 Å². The molecule has 0 aliphatic carbocycles. The second-order valence-electron chi connectivity index (χ2n) is 5.58. The van der Waals surface area contributed by atoms with Gasteiger partial charge in [0.05, 0.1) is 0 Å². The lowest BCUT2D eigenvalue weighted by Crippen LogP contribution is -2.24. The van der Waals surface area contributed by atoms with Crippen LogP contribution in [-0.2, 0) is 6.42 Å². The monoisotopic (exact) mass is 244 g/mol. The normalized spacial score (nSPS) is 19.9. The standard InChI is InChI=1S/C17H26N/c1(4-9-16-10-6-3-7-11-16)2-5-12-17-13-8-14-18-15-17/h3,6-7,10-11,17H,1-2,4-5,8-9,12-15H2. The van der Waals surface area contributed by atoms with E-state index in [0.717, 1.165) is 19.0 Å². The molecule has 99 valence electrons. The van der Waals surface area contributed by atoms with Crippen molar-refractivity contribution in [1.29, 1.82) is 0 Å². The Morgan fingerprint density at radius 2 is 1.83 bits per heavy atom. The fraction of sp³-hybridized carbons (Fsp3) is 0.647. The highest BCUT2D eigenvalue weighted by atomic mass is 14.9. The van der Waals surface area contributed by atoms with Gasteiger partial charge in [-0.05, 0) is 43.6 Å². The maximum atomic E-state index is 4.51. The molecule has 1 unspecified atom stereocenters. The molecule has 0 amide bonds. The summed E-state index contributed by atoms with van der Waals surface area (Å²) in [6, 6.07) is 10.9. The van der Waals surface area contributed by atoms with Crippen molar-refractivity contribution in [2.75, 3.05) is 13.1 Å². The van der Waals surface area contributed by atoms with Crippen LogP contribution in [0.5, 0.6) is 0 Å². The Morgan fingerprint density at radius 3 is 2.61 bits per heavy atom. The van der Waals surface area contributed by atoms with Crippen LogP contribution in [0.3, 0.4) is 0 Å². The summed E-state index contributed by atoms with van der Waals surface area (Å²) < 4.78 is 0. The summed E-state index contributed by atoms with van der Waals surface area (Å²) in [6.07, 6.45) is 11.0. The van der Waals surface area contributed by atoms with E-state index in [2.05, 4.69) is 35.6 Å². The maximum Gasteiger partial charge on any atom is 0.0161 e. The molecule has 0 N–H and O–H groups in total. The van der Waals surface area contributed by atoms with Gasteiger partial charge in [0.15, 0.2) is 0 Å². The molecular formula is C17H26N. The molecule has 1 radical (unpaired) electrons. The number of benzene rings is 1. The summed E-state index contributed by atoms with van der Waals surface area (Å²) in [4.78, 5) is 0. The summed E-state index contributed by atoms with van der Waals surface area (Å²) in [5.41, 5.74) is 1.49.